The highest BCUT2D eigenvalue weighted by Gasteiger charge is 2.19. The van der Waals surface area contributed by atoms with Gasteiger partial charge in [0.25, 0.3) is 0 Å². The van der Waals surface area contributed by atoms with Gasteiger partial charge in [-0.2, -0.15) is 0 Å². The number of nitrogens with one attached hydrogen (secondary N) is 1. The van der Waals surface area contributed by atoms with Crippen LogP contribution < -0.4 is 14.8 Å². The zero-order valence-corrected chi connectivity index (χ0v) is 24.3. The number of β-amino-alcohol motifs (C(OH)–C–C–N with tert-alkyl or cyclic N) is 1. The van der Waals surface area contributed by atoms with E-state index < -0.39 is 18.0 Å². The van der Waals surface area contributed by atoms with Gasteiger partial charge >= 0.3 is 11.9 Å². The van der Waals surface area contributed by atoms with Crippen molar-refractivity contribution < 1.29 is 24.2 Å². The van der Waals surface area contributed by atoms with Crippen LogP contribution in [0.3, 0.4) is 0 Å². The predicted molar refractivity (Wildman–Crippen MR) is 157 cm³/mol. The van der Waals surface area contributed by atoms with Gasteiger partial charge in [-0.1, -0.05) is 68.4 Å². The van der Waals surface area contributed by atoms with Crippen molar-refractivity contribution in [2.45, 2.75) is 71.9 Å². The Hall–Kier alpha value is -3.19. The van der Waals surface area contributed by atoms with Gasteiger partial charge in [-0.05, 0) is 73.6 Å². The maximum absolute atomic E-state index is 12.8. The Bertz CT molecular complexity index is 1220. The van der Waals surface area contributed by atoms with Gasteiger partial charge in [0, 0.05) is 12.1 Å². The number of ether oxygens (including phenoxy) is 2. The Balaban J connectivity index is 0.00000533. The Kier molecular flexibility index (Phi) is 12.2. The first-order valence-corrected chi connectivity index (χ1v) is 13.2. The van der Waals surface area contributed by atoms with Gasteiger partial charge in [0.1, 0.15) is 0 Å². The summed E-state index contributed by atoms with van der Waals surface area (Å²) in [4.78, 5) is 25.6. The van der Waals surface area contributed by atoms with E-state index in [4.69, 9.17) is 9.47 Å². The molecule has 2 N–H and O–H groups in total. The number of aliphatic hydroxyl groups is 1. The van der Waals surface area contributed by atoms with E-state index in [1.807, 2.05) is 69.3 Å². The average molecular weight is 554 g/mol. The lowest BCUT2D eigenvalue weighted by atomic mass is 10.1. The fourth-order valence-electron chi connectivity index (χ4n) is 3.85. The Morgan fingerprint density at radius 2 is 1.18 bits per heavy atom. The molecule has 0 aliphatic carbocycles. The largest absolute Gasteiger partial charge is 0.422 e. The normalized spacial score (nSPS) is 11.8. The van der Waals surface area contributed by atoms with Gasteiger partial charge in [-0.25, -0.2) is 0 Å². The van der Waals surface area contributed by atoms with Gasteiger partial charge in [0.15, 0.2) is 11.5 Å². The van der Waals surface area contributed by atoms with Crippen LogP contribution in [0.25, 0.3) is 0 Å². The highest BCUT2D eigenvalue weighted by Crippen LogP contribution is 2.32. The number of aryl methyl sites for hydroxylation is 2. The summed E-state index contributed by atoms with van der Waals surface area (Å²) in [6, 6.07) is 20.4. The zero-order valence-electron chi connectivity index (χ0n) is 23.5. The summed E-state index contributed by atoms with van der Waals surface area (Å²) in [6.07, 6.45) is 1.16. The maximum Gasteiger partial charge on any atom is 0.315 e. The molecule has 0 saturated carbocycles. The molecule has 3 rings (SSSR count). The van der Waals surface area contributed by atoms with E-state index in [2.05, 4.69) is 19.2 Å². The lowest BCUT2D eigenvalue weighted by Gasteiger charge is -2.23. The second-order valence-corrected chi connectivity index (χ2v) is 10.5. The van der Waals surface area contributed by atoms with Gasteiger partial charge in [0.2, 0.25) is 0 Å². The molecular formula is C32H40ClNO5. The van der Waals surface area contributed by atoms with Crippen LogP contribution in [0.2, 0.25) is 0 Å². The molecule has 0 radical (unpaired) electrons. The number of hydrogen-bond acceptors (Lipinski definition) is 6. The van der Waals surface area contributed by atoms with Crippen LogP contribution in [0.1, 0.15) is 68.5 Å². The smallest absolute Gasteiger partial charge is 0.315 e. The zero-order chi connectivity index (χ0) is 27.7. The molecule has 7 heteroatoms. The summed E-state index contributed by atoms with van der Waals surface area (Å²) in [6.45, 7) is 10.5. The van der Waals surface area contributed by atoms with Crippen molar-refractivity contribution in [2.75, 3.05) is 6.54 Å². The molecule has 210 valence electrons. The number of carbonyl (C=O) groups excluding carboxylic acids is 2. The first kappa shape index (κ1) is 32.0. The second-order valence-electron chi connectivity index (χ2n) is 10.5. The highest BCUT2D eigenvalue weighted by molar-refractivity contribution is 5.85. The number of aliphatic hydroxyl groups excluding tert-OH is 1. The molecule has 3 aromatic rings. The topological polar surface area (TPSA) is 84.9 Å². The fourth-order valence-corrected chi connectivity index (χ4v) is 3.85. The first-order valence-electron chi connectivity index (χ1n) is 13.2. The van der Waals surface area contributed by atoms with E-state index in [1.165, 1.54) is 11.1 Å². The van der Waals surface area contributed by atoms with E-state index >= 15 is 0 Å². The van der Waals surface area contributed by atoms with Crippen molar-refractivity contribution in [3.05, 3.63) is 94.5 Å². The van der Waals surface area contributed by atoms with Crippen LogP contribution in [-0.4, -0.2) is 29.1 Å². The van der Waals surface area contributed by atoms with Crippen molar-refractivity contribution in [3.8, 4) is 11.5 Å². The molecule has 6 nitrogen and oxygen atoms in total. The van der Waals surface area contributed by atoms with Gasteiger partial charge in [-0.15, -0.1) is 12.4 Å². The van der Waals surface area contributed by atoms with Crippen molar-refractivity contribution in [1.29, 1.82) is 0 Å². The van der Waals surface area contributed by atoms with E-state index in [9.17, 15) is 14.7 Å². The Labute approximate surface area is 238 Å². The summed E-state index contributed by atoms with van der Waals surface area (Å²) < 4.78 is 11.3. The third kappa shape index (κ3) is 10.5. The molecule has 0 amide bonds. The molecule has 0 heterocycles. The summed E-state index contributed by atoms with van der Waals surface area (Å²) in [5.41, 5.74) is 4.41. The average Bonchev–Trinajstić information content (AvgIpc) is 2.88. The SMILES string of the molecule is CCc1ccc(CC(=O)Oc2ccc(C(O)CNC(C)(C)C)cc2OC(=O)Cc2ccc(CC)cc2)cc1.Cl. The molecule has 0 fully saturated rings. The third-order valence-electron chi connectivity index (χ3n) is 6.19. The third-order valence-corrected chi connectivity index (χ3v) is 6.19. The fraction of sp³-hybridized carbons (Fsp3) is 0.375. The summed E-state index contributed by atoms with van der Waals surface area (Å²) >= 11 is 0. The molecule has 0 aliphatic heterocycles. The Morgan fingerprint density at radius 3 is 1.62 bits per heavy atom. The van der Waals surface area contributed by atoms with E-state index in [0.717, 1.165) is 24.0 Å². The number of benzene rings is 3. The molecule has 39 heavy (non-hydrogen) atoms. The molecule has 3 aromatic carbocycles. The summed E-state index contributed by atoms with van der Waals surface area (Å²) in [7, 11) is 0. The molecule has 1 atom stereocenters. The first-order chi connectivity index (χ1) is 18.1. The molecule has 0 spiro atoms. The number of esters is 2. The van der Waals surface area contributed by atoms with Crippen LogP contribution in [0.15, 0.2) is 66.7 Å². The van der Waals surface area contributed by atoms with Crippen LogP contribution >= 0.6 is 12.4 Å². The number of carbonyl (C=O) groups is 2. The summed E-state index contributed by atoms with van der Waals surface area (Å²) in [5, 5.41) is 14.0. The van der Waals surface area contributed by atoms with E-state index in [0.29, 0.717) is 12.1 Å². The van der Waals surface area contributed by atoms with Gasteiger partial charge in [-0.3, -0.25) is 9.59 Å². The molecular weight excluding hydrogens is 514 g/mol. The molecule has 1 unspecified atom stereocenters. The number of halogens is 1. The minimum absolute atomic E-state index is 0. The number of rotatable bonds is 11. The van der Waals surface area contributed by atoms with Crippen molar-refractivity contribution >= 4 is 24.3 Å². The van der Waals surface area contributed by atoms with Crippen LogP contribution in [0, 0.1) is 0 Å². The monoisotopic (exact) mass is 553 g/mol. The maximum atomic E-state index is 12.8. The molecule has 0 aromatic heterocycles. The van der Waals surface area contributed by atoms with Gasteiger partial charge < -0.3 is 19.9 Å². The quantitative estimate of drug-likeness (QED) is 0.225. The molecule has 0 aliphatic rings. The van der Waals surface area contributed by atoms with Crippen molar-refractivity contribution in [2.24, 2.45) is 0 Å². The molecule has 0 saturated heterocycles. The summed E-state index contributed by atoms with van der Waals surface area (Å²) in [5.74, 6) is -0.720. The second kappa shape index (κ2) is 14.8. The minimum atomic E-state index is -0.838. The van der Waals surface area contributed by atoms with Crippen molar-refractivity contribution in [3.63, 3.8) is 0 Å². The van der Waals surface area contributed by atoms with Crippen LogP contribution in [-0.2, 0) is 35.3 Å². The van der Waals surface area contributed by atoms with E-state index in [1.54, 1.807) is 18.2 Å². The van der Waals surface area contributed by atoms with E-state index in [-0.39, 0.29) is 42.3 Å². The van der Waals surface area contributed by atoms with Crippen molar-refractivity contribution in [1.82, 2.24) is 5.32 Å². The minimum Gasteiger partial charge on any atom is -0.422 e. The predicted octanol–water partition coefficient (Wildman–Crippen LogP) is 5.95. The lowest BCUT2D eigenvalue weighted by Crippen LogP contribution is -2.38. The molecule has 0 bridgehead atoms. The van der Waals surface area contributed by atoms with Gasteiger partial charge in [0.05, 0.1) is 18.9 Å². The standard InChI is InChI=1S/C32H39NO5.ClH/c1-6-22-8-12-24(13-9-22)18-30(35)37-28-17-16-26(27(34)21-33-32(3,4)5)20-29(28)38-31(36)19-25-14-10-23(7-2)11-15-25;/h8-17,20,27,33-34H,6-7,18-19,21H2,1-5H3;1H. The Morgan fingerprint density at radius 1 is 0.744 bits per heavy atom. The van der Waals surface area contributed by atoms with Crippen LogP contribution in [0.4, 0.5) is 0 Å². The van der Waals surface area contributed by atoms with Crippen LogP contribution in [0.5, 0.6) is 11.5 Å². The number of hydrogen-bond donors (Lipinski definition) is 2. The lowest BCUT2D eigenvalue weighted by molar-refractivity contribution is -0.136. The highest BCUT2D eigenvalue weighted by atomic mass is 35.5.